The number of rotatable bonds is 3. The molecule has 0 unspecified atom stereocenters. The third kappa shape index (κ3) is 2.15. The fourth-order valence-corrected chi connectivity index (χ4v) is 2.33. The number of thiazole rings is 1. The van der Waals surface area contributed by atoms with E-state index in [-0.39, 0.29) is 0 Å². The average molecular weight is 231 g/mol. The lowest BCUT2D eigenvalue weighted by Crippen LogP contribution is -2.03. The van der Waals surface area contributed by atoms with E-state index in [1.807, 2.05) is 5.38 Å². The molecule has 0 bridgehead atoms. The molecule has 2 nitrogen and oxygen atoms in total. The molecule has 1 radical (unpaired) electrons. The van der Waals surface area contributed by atoms with Gasteiger partial charge in [0.1, 0.15) is 0 Å². The van der Waals surface area contributed by atoms with Gasteiger partial charge in [0, 0.05) is 17.5 Å². The number of benzene rings is 1. The minimum Gasteiger partial charge on any atom is -0.326 e. The zero-order chi connectivity index (χ0) is 11.5. The summed E-state index contributed by atoms with van der Waals surface area (Å²) in [5.74, 6) is 0.509. The van der Waals surface area contributed by atoms with E-state index in [4.69, 9.17) is 5.73 Å². The lowest BCUT2D eigenvalue weighted by Gasteiger charge is -2.12. The van der Waals surface area contributed by atoms with Crippen LogP contribution in [-0.2, 0) is 6.54 Å². The van der Waals surface area contributed by atoms with Crippen LogP contribution in [0.1, 0.15) is 30.9 Å². The third-order valence-corrected chi connectivity index (χ3v) is 3.21. The van der Waals surface area contributed by atoms with E-state index >= 15 is 0 Å². The molecule has 83 valence electrons. The molecule has 0 fully saturated rings. The Hall–Kier alpha value is -1.19. The van der Waals surface area contributed by atoms with E-state index in [0.29, 0.717) is 12.5 Å². The molecule has 3 heteroatoms. The van der Waals surface area contributed by atoms with Crippen molar-refractivity contribution in [3.8, 4) is 11.3 Å². The molecule has 0 aliphatic rings. The molecule has 16 heavy (non-hydrogen) atoms. The fourth-order valence-electron chi connectivity index (χ4n) is 1.82. The Morgan fingerprint density at radius 1 is 1.44 bits per heavy atom. The SMILES string of the molecule is CC(C)c1ccc(-c2cs[c]n2)cc1CN. The van der Waals surface area contributed by atoms with Gasteiger partial charge in [0.2, 0.25) is 0 Å². The van der Waals surface area contributed by atoms with Gasteiger partial charge in [-0.3, -0.25) is 0 Å². The van der Waals surface area contributed by atoms with E-state index in [1.54, 1.807) is 0 Å². The largest absolute Gasteiger partial charge is 0.326 e. The minimum atomic E-state index is 0.509. The van der Waals surface area contributed by atoms with Crippen LogP contribution in [0.5, 0.6) is 0 Å². The second kappa shape index (κ2) is 4.76. The van der Waals surface area contributed by atoms with Crippen molar-refractivity contribution in [1.29, 1.82) is 0 Å². The van der Waals surface area contributed by atoms with Gasteiger partial charge in [-0.25, -0.2) is 4.98 Å². The summed E-state index contributed by atoms with van der Waals surface area (Å²) in [5.41, 5.74) is 13.3. The molecule has 0 saturated heterocycles. The molecular weight excluding hydrogens is 216 g/mol. The van der Waals surface area contributed by atoms with Crippen LogP contribution in [0, 0.1) is 5.51 Å². The van der Waals surface area contributed by atoms with Gasteiger partial charge in [-0.2, -0.15) is 0 Å². The molecule has 2 N–H and O–H groups in total. The van der Waals surface area contributed by atoms with Crippen LogP contribution in [0.3, 0.4) is 0 Å². The molecule has 0 amide bonds. The first kappa shape index (κ1) is 11.3. The Morgan fingerprint density at radius 3 is 2.81 bits per heavy atom. The van der Waals surface area contributed by atoms with Crippen LogP contribution < -0.4 is 5.73 Å². The predicted molar refractivity (Wildman–Crippen MR) is 68.4 cm³/mol. The normalized spacial score (nSPS) is 11.0. The van der Waals surface area contributed by atoms with Gasteiger partial charge in [-0.1, -0.05) is 26.0 Å². The van der Waals surface area contributed by atoms with Crippen LogP contribution in [0.15, 0.2) is 23.6 Å². The van der Waals surface area contributed by atoms with E-state index in [0.717, 1.165) is 11.3 Å². The van der Waals surface area contributed by atoms with Gasteiger partial charge in [-0.05, 0) is 23.1 Å². The number of hydrogen-bond donors (Lipinski definition) is 1. The lowest BCUT2D eigenvalue weighted by atomic mass is 9.95. The summed E-state index contributed by atoms with van der Waals surface area (Å²) in [6.45, 7) is 4.95. The molecule has 0 aliphatic heterocycles. The Labute approximate surface area is 100 Å². The Kier molecular flexibility index (Phi) is 3.36. The van der Waals surface area contributed by atoms with E-state index in [1.165, 1.54) is 22.5 Å². The standard InChI is InChI=1S/C13H15N2S/c1-9(2)12-4-3-10(5-11(12)6-14)13-7-16-8-15-13/h3-5,7,9H,6,14H2,1-2H3. The van der Waals surface area contributed by atoms with Gasteiger partial charge in [0.05, 0.1) is 5.69 Å². The summed E-state index contributed by atoms with van der Waals surface area (Å²) in [5, 5.41) is 2.00. The minimum absolute atomic E-state index is 0.509. The first-order chi connectivity index (χ1) is 7.72. The molecule has 0 saturated carbocycles. The number of hydrogen-bond acceptors (Lipinski definition) is 3. The molecule has 2 aromatic rings. The Balaban J connectivity index is 2.45. The van der Waals surface area contributed by atoms with Crippen LogP contribution in [0.25, 0.3) is 11.3 Å². The van der Waals surface area contributed by atoms with Crippen LogP contribution in [-0.4, -0.2) is 4.98 Å². The number of nitrogens with two attached hydrogens (primary N) is 1. The summed E-state index contributed by atoms with van der Waals surface area (Å²) in [7, 11) is 0. The molecular formula is C13H15N2S. The maximum Gasteiger partial charge on any atom is 0.152 e. The molecule has 1 heterocycles. The highest BCUT2D eigenvalue weighted by molar-refractivity contribution is 7.07. The van der Waals surface area contributed by atoms with Crippen molar-refractivity contribution in [2.24, 2.45) is 5.73 Å². The van der Waals surface area contributed by atoms with Crippen molar-refractivity contribution in [2.45, 2.75) is 26.3 Å². The Bertz CT molecular complexity index is 461. The third-order valence-electron chi connectivity index (χ3n) is 2.67. The lowest BCUT2D eigenvalue weighted by molar-refractivity contribution is 0.840. The molecule has 0 atom stereocenters. The highest BCUT2D eigenvalue weighted by Gasteiger charge is 2.08. The summed E-state index contributed by atoms with van der Waals surface area (Å²) < 4.78 is 0. The van der Waals surface area contributed by atoms with Gasteiger partial charge in [0.15, 0.2) is 5.51 Å². The van der Waals surface area contributed by atoms with Crippen molar-refractivity contribution in [1.82, 2.24) is 4.98 Å². The topological polar surface area (TPSA) is 38.9 Å². The Morgan fingerprint density at radius 2 is 2.25 bits per heavy atom. The molecule has 0 aliphatic carbocycles. The van der Waals surface area contributed by atoms with Gasteiger partial charge in [-0.15, -0.1) is 11.3 Å². The van der Waals surface area contributed by atoms with Gasteiger partial charge >= 0.3 is 0 Å². The highest BCUT2D eigenvalue weighted by Crippen LogP contribution is 2.26. The first-order valence-corrected chi connectivity index (χ1v) is 6.25. The summed E-state index contributed by atoms with van der Waals surface area (Å²) in [4.78, 5) is 4.19. The summed E-state index contributed by atoms with van der Waals surface area (Å²) in [6, 6.07) is 6.40. The van der Waals surface area contributed by atoms with Crippen LogP contribution >= 0.6 is 11.3 Å². The van der Waals surface area contributed by atoms with Gasteiger partial charge < -0.3 is 5.73 Å². The second-order valence-corrected chi connectivity index (χ2v) is 4.75. The van der Waals surface area contributed by atoms with Crippen LogP contribution in [0.4, 0.5) is 0 Å². The molecule has 2 rings (SSSR count). The molecule has 0 spiro atoms. The maximum absolute atomic E-state index is 5.79. The van der Waals surface area contributed by atoms with Gasteiger partial charge in [0.25, 0.3) is 0 Å². The van der Waals surface area contributed by atoms with E-state index in [2.05, 4.69) is 42.5 Å². The van der Waals surface area contributed by atoms with Crippen molar-refractivity contribution in [2.75, 3.05) is 0 Å². The smallest absolute Gasteiger partial charge is 0.152 e. The molecule has 1 aromatic carbocycles. The quantitative estimate of drug-likeness (QED) is 0.881. The fraction of sp³-hybridized carbons (Fsp3) is 0.308. The van der Waals surface area contributed by atoms with E-state index in [9.17, 15) is 0 Å². The van der Waals surface area contributed by atoms with Crippen LogP contribution in [0.2, 0.25) is 0 Å². The van der Waals surface area contributed by atoms with Crippen molar-refractivity contribution < 1.29 is 0 Å². The zero-order valence-electron chi connectivity index (χ0n) is 9.53. The maximum atomic E-state index is 5.79. The van der Waals surface area contributed by atoms with E-state index < -0.39 is 0 Å². The van der Waals surface area contributed by atoms with Crippen molar-refractivity contribution >= 4 is 11.3 Å². The first-order valence-electron chi connectivity index (χ1n) is 5.37. The zero-order valence-corrected chi connectivity index (χ0v) is 10.3. The highest BCUT2D eigenvalue weighted by atomic mass is 32.1. The summed E-state index contributed by atoms with van der Waals surface area (Å²) in [6.07, 6.45) is 0. The molecule has 1 aromatic heterocycles. The summed E-state index contributed by atoms with van der Waals surface area (Å²) >= 11 is 1.49. The average Bonchev–Trinajstić information content (AvgIpc) is 2.81. The van der Waals surface area contributed by atoms with Crippen molar-refractivity contribution in [3.63, 3.8) is 0 Å². The van der Waals surface area contributed by atoms with Crippen molar-refractivity contribution in [3.05, 3.63) is 40.2 Å². The predicted octanol–water partition coefficient (Wildman–Crippen LogP) is 3.19. The number of nitrogens with zero attached hydrogens (tertiary/aromatic N) is 1. The monoisotopic (exact) mass is 231 g/mol. The second-order valence-electron chi connectivity index (χ2n) is 4.10. The number of aromatic nitrogens is 1.